The van der Waals surface area contributed by atoms with Crippen LogP contribution in [0.3, 0.4) is 0 Å². The van der Waals surface area contributed by atoms with Gasteiger partial charge in [0.2, 0.25) is 0 Å². The Labute approximate surface area is 166 Å². The molecule has 1 fully saturated rings. The molecule has 7 heteroatoms. The van der Waals surface area contributed by atoms with Gasteiger partial charge in [-0.1, -0.05) is 29.8 Å². The lowest BCUT2D eigenvalue weighted by molar-refractivity contribution is -0.858. The molecule has 2 aromatic carbocycles. The fourth-order valence-electron chi connectivity index (χ4n) is 4.48. The number of ether oxygens (including phenoxy) is 1. The van der Waals surface area contributed by atoms with E-state index >= 15 is 0 Å². The Hall–Kier alpha value is -2.83. The van der Waals surface area contributed by atoms with Gasteiger partial charge in [-0.25, -0.2) is 4.79 Å². The summed E-state index contributed by atoms with van der Waals surface area (Å²) in [6, 6.07) is 13.1. The maximum Gasteiger partial charge on any atom is 0.334 e. The first-order valence-electron chi connectivity index (χ1n) is 8.86. The van der Waals surface area contributed by atoms with Crippen molar-refractivity contribution in [1.82, 2.24) is 0 Å². The minimum Gasteiger partial charge on any atom is -0.540 e. The Bertz CT molecular complexity index is 1020. The maximum atomic E-state index is 11.7. The molecule has 0 amide bonds. The summed E-state index contributed by atoms with van der Waals surface area (Å²) in [4.78, 5) is 23.0. The molecule has 0 bridgehead atoms. The van der Waals surface area contributed by atoms with E-state index < -0.39 is 11.9 Å². The molecular formula is C21H18ClNO5. The van der Waals surface area contributed by atoms with E-state index in [1.165, 1.54) is 0 Å². The molecule has 0 aliphatic carbocycles. The zero-order chi connectivity index (χ0) is 20.1. The van der Waals surface area contributed by atoms with Crippen LogP contribution in [-0.2, 0) is 9.59 Å². The lowest BCUT2D eigenvalue weighted by Crippen LogP contribution is -2.48. The SMILES string of the molecule is C[N@@+]1(/C(=C\C(=O)O)C(=O)[O-])C[C@@H]2c3cc(Cl)ccc3Oc3ccccc3[C@@H]2C1. The smallest absolute Gasteiger partial charge is 0.334 e. The van der Waals surface area contributed by atoms with Crippen LogP contribution in [0.2, 0.25) is 5.02 Å². The highest BCUT2D eigenvalue weighted by molar-refractivity contribution is 6.30. The Morgan fingerprint density at radius 3 is 2.46 bits per heavy atom. The van der Waals surface area contributed by atoms with E-state index in [2.05, 4.69) is 0 Å². The Kier molecular flexibility index (Phi) is 4.40. The molecule has 0 aromatic heterocycles. The number of carboxylic acids is 2. The lowest BCUT2D eigenvalue weighted by atomic mass is 9.84. The van der Waals surface area contributed by atoms with E-state index in [9.17, 15) is 14.7 Å². The van der Waals surface area contributed by atoms with Crippen LogP contribution < -0.4 is 9.84 Å². The average molecular weight is 400 g/mol. The van der Waals surface area contributed by atoms with Gasteiger partial charge in [-0.05, 0) is 24.3 Å². The molecule has 1 N–H and O–H groups in total. The van der Waals surface area contributed by atoms with Crippen molar-refractivity contribution in [2.45, 2.75) is 11.8 Å². The van der Waals surface area contributed by atoms with Gasteiger partial charge in [-0.3, -0.25) is 4.48 Å². The molecular weight excluding hydrogens is 382 g/mol. The van der Waals surface area contributed by atoms with Gasteiger partial charge in [0, 0.05) is 28.0 Å². The van der Waals surface area contributed by atoms with Crippen LogP contribution in [0, 0.1) is 0 Å². The standard InChI is InChI=1S/C21H18ClNO5/c1-23(17(21(26)27)9-20(24)25)10-15-13-4-2-3-5-18(13)28-19-7-6-12(22)8-14(19)16(15)11-23/h2-9,15-16H,10-11H2,1H3,(H-,24,25,26,27)/b17-9-/t15-,16+,23-/m0/s1. The summed E-state index contributed by atoms with van der Waals surface area (Å²) >= 11 is 6.23. The third-order valence-corrected chi connectivity index (χ3v) is 5.88. The molecule has 1 saturated heterocycles. The molecule has 0 radical (unpaired) electrons. The van der Waals surface area contributed by atoms with Crippen LogP contribution in [0.1, 0.15) is 23.0 Å². The molecule has 3 atom stereocenters. The second kappa shape index (κ2) is 6.65. The van der Waals surface area contributed by atoms with E-state index in [0.717, 1.165) is 17.2 Å². The summed E-state index contributed by atoms with van der Waals surface area (Å²) in [7, 11) is 1.73. The first-order chi connectivity index (χ1) is 13.3. The summed E-state index contributed by atoms with van der Waals surface area (Å²) in [5.41, 5.74) is 1.61. The largest absolute Gasteiger partial charge is 0.540 e. The van der Waals surface area contributed by atoms with E-state index in [1.807, 2.05) is 36.4 Å². The highest BCUT2D eigenvalue weighted by Crippen LogP contribution is 2.52. The van der Waals surface area contributed by atoms with Crippen LogP contribution in [0.4, 0.5) is 0 Å². The molecule has 4 rings (SSSR count). The minimum absolute atomic E-state index is 0.0513. The number of carboxylic acid groups (broad SMARTS) is 2. The van der Waals surface area contributed by atoms with Crippen LogP contribution >= 0.6 is 11.6 Å². The van der Waals surface area contributed by atoms with Crippen molar-refractivity contribution in [2.75, 3.05) is 20.1 Å². The second-order valence-electron chi connectivity index (χ2n) is 7.45. The number of benzene rings is 2. The number of fused-ring (bicyclic) bond motifs is 5. The highest BCUT2D eigenvalue weighted by Gasteiger charge is 2.49. The highest BCUT2D eigenvalue weighted by atomic mass is 35.5. The monoisotopic (exact) mass is 399 g/mol. The number of carbonyl (C=O) groups is 2. The molecule has 144 valence electrons. The molecule has 0 saturated carbocycles. The number of likely N-dealkylation sites (N-methyl/N-ethyl adjacent to an activating group) is 1. The molecule has 6 nitrogen and oxygen atoms in total. The van der Waals surface area contributed by atoms with E-state index in [1.54, 1.807) is 13.1 Å². The van der Waals surface area contributed by atoms with Crippen LogP contribution in [-0.4, -0.2) is 41.7 Å². The Balaban J connectivity index is 1.88. The molecule has 2 heterocycles. The fourth-order valence-corrected chi connectivity index (χ4v) is 4.66. The van der Waals surface area contributed by atoms with Crippen molar-refractivity contribution in [3.63, 3.8) is 0 Å². The third kappa shape index (κ3) is 3.04. The topological polar surface area (TPSA) is 86.7 Å². The molecule has 0 spiro atoms. The normalized spacial score (nSPS) is 25.7. The summed E-state index contributed by atoms with van der Waals surface area (Å²) in [5, 5.41) is 21.5. The van der Waals surface area contributed by atoms with E-state index in [4.69, 9.17) is 21.4 Å². The Morgan fingerprint density at radius 1 is 1.14 bits per heavy atom. The average Bonchev–Trinajstić information content (AvgIpc) is 2.94. The van der Waals surface area contributed by atoms with Gasteiger partial charge in [0.15, 0.2) is 5.70 Å². The zero-order valence-corrected chi connectivity index (χ0v) is 15.8. The number of halogens is 1. The van der Waals surface area contributed by atoms with Crippen molar-refractivity contribution < 1.29 is 29.0 Å². The van der Waals surface area contributed by atoms with Crippen LogP contribution in [0.15, 0.2) is 54.2 Å². The van der Waals surface area contributed by atoms with Gasteiger partial charge in [0.05, 0.1) is 26.2 Å². The predicted molar refractivity (Wildman–Crippen MR) is 100 cm³/mol. The lowest BCUT2D eigenvalue weighted by Gasteiger charge is -2.32. The number of rotatable bonds is 3. The number of carbonyl (C=O) groups excluding carboxylic acids is 1. The van der Waals surface area contributed by atoms with Crippen molar-refractivity contribution >= 4 is 23.5 Å². The number of quaternary nitrogens is 1. The van der Waals surface area contributed by atoms with Crippen molar-refractivity contribution in [1.29, 1.82) is 0 Å². The molecule has 2 aliphatic rings. The number of hydrogen-bond acceptors (Lipinski definition) is 4. The predicted octanol–water partition coefficient (Wildman–Crippen LogP) is 2.49. The third-order valence-electron chi connectivity index (χ3n) is 5.65. The number of aliphatic carboxylic acids is 2. The van der Waals surface area contributed by atoms with Crippen molar-refractivity contribution in [3.8, 4) is 11.5 Å². The first kappa shape index (κ1) is 18.5. The number of para-hydroxylation sites is 1. The summed E-state index contributed by atoms with van der Waals surface area (Å²) in [5.74, 6) is -1.54. The van der Waals surface area contributed by atoms with Gasteiger partial charge in [0.1, 0.15) is 17.5 Å². The van der Waals surface area contributed by atoms with Gasteiger partial charge in [-0.2, -0.15) is 0 Å². The summed E-state index contributed by atoms with van der Waals surface area (Å²) < 4.78 is 6.08. The van der Waals surface area contributed by atoms with E-state index in [0.29, 0.717) is 29.6 Å². The molecule has 0 unspecified atom stereocenters. The summed E-state index contributed by atoms with van der Waals surface area (Å²) in [6.07, 6.45) is 0.738. The minimum atomic E-state index is -1.47. The number of nitrogens with zero attached hydrogens (tertiary/aromatic N) is 1. The van der Waals surface area contributed by atoms with E-state index in [-0.39, 0.29) is 22.0 Å². The van der Waals surface area contributed by atoms with Gasteiger partial charge >= 0.3 is 5.97 Å². The second-order valence-corrected chi connectivity index (χ2v) is 7.89. The molecule has 28 heavy (non-hydrogen) atoms. The van der Waals surface area contributed by atoms with Crippen LogP contribution in [0.25, 0.3) is 0 Å². The number of likely N-dealkylation sites (tertiary alicyclic amines) is 1. The Morgan fingerprint density at radius 2 is 1.79 bits per heavy atom. The van der Waals surface area contributed by atoms with Crippen molar-refractivity contribution in [2.24, 2.45) is 0 Å². The first-order valence-corrected chi connectivity index (χ1v) is 9.23. The van der Waals surface area contributed by atoms with Gasteiger partial charge < -0.3 is 19.7 Å². The maximum absolute atomic E-state index is 11.7. The van der Waals surface area contributed by atoms with Crippen molar-refractivity contribution in [3.05, 3.63) is 70.4 Å². The molecule has 2 aliphatic heterocycles. The molecule has 2 aromatic rings. The summed E-state index contributed by atoms with van der Waals surface area (Å²) in [6.45, 7) is 0.798. The van der Waals surface area contributed by atoms with Crippen LogP contribution in [0.5, 0.6) is 11.5 Å². The van der Waals surface area contributed by atoms with Gasteiger partial charge in [-0.15, -0.1) is 0 Å². The van der Waals surface area contributed by atoms with Gasteiger partial charge in [0.25, 0.3) is 0 Å². The fraction of sp³-hybridized carbons (Fsp3) is 0.238. The quantitative estimate of drug-likeness (QED) is 0.633. The number of hydrogen-bond donors (Lipinski definition) is 1. The zero-order valence-electron chi connectivity index (χ0n) is 15.1.